The molecule has 2 rings (SSSR count). The Balaban J connectivity index is 0.00000338. The summed E-state index contributed by atoms with van der Waals surface area (Å²) < 4.78 is 16.8. The second-order valence-electron chi connectivity index (χ2n) is 6.19. The zero-order valence-corrected chi connectivity index (χ0v) is 18.2. The summed E-state index contributed by atoms with van der Waals surface area (Å²) in [6, 6.07) is 5.95. The third-order valence-electron chi connectivity index (χ3n) is 4.23. The van der Waals surface area contributed by atoms with Gasteiger partial charge < -0.3 is 25.3 Å². The predicted molar refractivity (Wildman–Crippen MR) is 116 cm³/mol. The van der Waals surface area contributed by atoms with Gasteiger partial charge in [0.15, 0.2) is 17.5 Å². The third kappa shape index (κ3) is 7.99. The van der Waals surface area contributed by atoms with Crippen molar-refractivity contribution in [1.29, 1.82) is 0 Å². The number of halogens is 1. The van der Waals surface area contributed by atoms with Crippen molar-refractivity contribution in [3.8, 4) is 11.5 Å². The predicted octanol–water partition coefficient (Wildman–Crippen LogP) is 3.47. The fourth-order valence-electron chi connectivity index (χ4n) is 2.86. The highest BCUT2D eigenvalue weighted by Crippen LogP contribution is 2.32. The molecule has 0 spiro atoms. The Labute approximate surface area is 173 Å². The average molecular weight is 477 g/mol. The molecule has 1 aliphatic carbocycles. The van der Waals surface area contributed by atoms with Gasteiger partial charge in [-0.2, -0.15) is 0 Å². The Morgan fingerprint density at radius 3 is 2.73 bits per heavy atom. The van der Waals surface area contributed by atoms with E-state index in [2.05, 4.69) is 10.3 Å². The largest absolute Gasteiger partial charge is 0.493 e. The van der Waals surface area contributed by atoms with Crippen molar-refractivity contribution in [1.82, 2.24) is 5.32 Å². The normalized spacial score (nSPS) is 14.8. The van der Waals surface area contributed by atoms with Crippen LogP contribution in [0.15, 0.2) is 23.2 Å². The lowest BCUT2D eigenvalue weighted by Crippen LogP contribution is -2.32. The number of hydrogen-bond acceptors (Lipinski definition) is 4. The minimum Gasteiger partial charge on any atom is -0.493 e. The molecule has 7 heteroatoms. The highest BCUT2D eigenvalue weighted by Gasteiger charge is 2.18. The summed E-state index contributed by atoms with van der Waals surface area (Å²) in [5.74, 6) is 2.01. The molecule has 1 saturated carbocycles. The van der Waals surface area contributed by atoms with Crippen LogP contribution < -0.4 is 20.5 Å². The van der Waals surface area contributed by atoms with Gasteiger partial charge in [-0.3, -0.25) is 0 Å². The summed E-state index contributed by atoms with van der Waals surface area (Å²) in [6.07, 6.45) is 5.97. The fraction of sp³-hybridized carbons (Fsp3) is 0.632. The monoisotopic (exact) mass is 477 g/mol. The molecule has 0 radical (unpaired) electrons. The van der Waals surface area contributed by atoms with E-state index in [4.69, 9.17) is 19.9 Å². The molecule has 1 fully saturated rings. The van der Waals surface area contributed by atoms with E-state index >= 15 is 0 Å². The number of nitrogens with two attached hydrogens (primary N) is 1. The molecule has 1 aliphatic rings. The smallest absolute Gasteiger partial charge is 0.188 e. The molecule has 1 aromatic carbocycles. The van der Waals surface area contributed by atoms with Crippen molar-refractivity contribution in [2.75, 3.05) is 26.9 Å². The van der Waals surface area contributed by atoms with Crippen LogP contribution in [-0.4, -0.2) is 38.9 Å². The van der Waals surface area contributed by atoms with Gasteiger partial charge in [0, 0.05) is 19.8 Å². The summed E-state index contributed by atoms with van der Waals surface area (Å²) in [4.78, 5) is 4.37. The number of aliphatic imine (C=N–C) groups is 1. The Morgan fingerprint density at radius 1 is 1.27 bits per heavy atom. The number of ether oxygens (including phenoxy) is 3. The van der Waals surface area contributed by atoms with Crippen molar-refractivity contribution >= 4 is 29.9 Å². The van der Waals surface area contributed by atoms with Crippen LogP contribution in [-0.2, 0) is 11.3 Å². The topological polar surface area (TPSA) is 78.1 Å². The molecule has 0 aromatic heterocycles. The number of nitrogens with one attached hydrogen (secondary N) is 1. The number of benzene rings is 1. The Hall–Kier alpha value is -1.22. The summed E-state index contributed by atoms with van der Waals surface area (Å²) in [7, 11) is 1.66. The Morgan fingerprint density at radius 2 is 2.04 bits per heavy atom. The van der Waals surface area contributed by atoms with Crippen molar-refractivity contribution in [3.63, 3.8) is 0 Å². The molecule has 1 aromatic rings. The van der Waals surface area contributed by atoms with Crippen molar-refractivity contribution in [3.05, 3.63) is 23.8 Å². The van der Waals surface area contributed by atoms with E-state index in [0.29, 0.717) is 18.6 Å². The lowest BCUT2D eigenvalue weighted by atomic mass is 10.2. The molecular formula is C19H32IN3O3. The Bertz CT molecular complexity index is 549. The first-order chi connectivity index (χ1) is 12.2. The van der Waals surface area contributed by atoms with Crippen LogP contribution in [0, 0.1) is 0 Å². The van der Waals surface area contributed by atoms with Crippen LogP contribution in [0.25, 0.3) is 0 Å². The van der Waals surface area contributed by atoms with Crippen LogP contribution in [0.5, 0.6) is 11.5 Å². The highest BCUT2D eigenvalue weighted by molar-refractivity contribution is 14.0. The molecule has 0 unspecified atom stereocenters. The molecule has 0 bridgehead atoms. The average Bonchev–Trinajstić information content (AvgIpc) is 3.13. The number of rotatable bonds is 10. The van der Waals surface area contributed by atoms with E-state index in [9.17, 15) is 0 Å². The van der Waals surface area contributed by atoms with E-state index in [1.807, 2.05) is 25.1 Å². The van der Waals surface area contributed by atoms with Crippen molar-refractivity contribution in [2.45, 2.75) is 51.7 Å². The van der Waals surface area contributed by atoms with Gasteiger partial charge in [0.25, 0.3) is 0 Å². The van der Waals surface area contributed by atoms with Gasteiger partial charge in [-0.25, -0.2) is 4.99 Å². The van der Waals surface area contributed by atoms with E-state index in [-0.39, 0.29) is 24.0 Å². The molecule has 148 valence electrons. The lowest BCUT2D eigenvalue weighted by molar-refractivity contribution is 0.145. The second-order valence-corrected chi connectivity index (χ2v) is 6.19. The van der Waals surface area contributed by atoms with Gasteiger partial charge in [-0.1, -0.05) is 6.07 Å². The third-order valence-corrected chi connectivity index (χ3v) is 4.23. The first-order valence-electron chi connectivity index (χ1n) is 9.18. The molecule has 26 heavy (non-hydrogen) atoms. The molecule has 0 amide bonds. The maximum Gasteiger partial charge on any atom is 0.188 e. The van der Waals surface area contributed by atoms with Crippen LogP contribution in [0.4, 0.5) is 0 Å². The zero-order valence-electron chi connectivity index (χ0n) is 15.8. The van der Waals surface area contributed by atoms with E-state index in [1.54, 1.807) is 7.11 Å². The minimum absolute atomic E-state index is 0. The summed E-state index contributed by atoms with van der Waals surface area (Å²) in [6.45, 7) is 4.72. The highest BCUT2D eigenvalue weighted by atomic mass is 127. The maximum atomic E-state index is 6.05. The van der Waals surface area contributed by atoms with Gasteiger partial charge in [-0.15, -0.1) is 24.0 Å². The summed E-state index contributed by atoms with van der Waals surface area (Å²) in [5.41, 5.74) is 6.92. The van der Waals surface area contributed by atoms with Gasteiger partial charge in [0.05, 0.1) is 19.8 Å². The molecule has 0 saturated heterocycles. The van der Waals surface area contributed by atoms with E-state index in [0.717, 1.165) is 56.1 Å². The van der Waals surface area contributed by atoms with Crippen LogP contribution in [0.2, 0.25) is 0 Å². The summed E-state index contributed by atoms with van der Waals surface area (Å²) in [5, 5.41) is 3.09. The Kier molecular flexibility index (Phi) is 11.4. The molecule has 0 aliphatic heterocycles. The zero-order chi connectivity index (χ0) is 17.9. The molecule has 3 N–H and O–H groups in total. The van der Waals surface area contributed by atoms with Crippen LogP contribution in [0.1, 0.15) is 44.6 Å². The van der Waals surface area contributed by atoms with Gasteiger partial charge in [-0.05, 0) is 56.7 Å². The minimum atomic E-state index is 0. The van der Waals surface area contributed by atoms with E-state index in [1.165, 1.54) is 12.8 Å². The number of guanidine groups is 1. The molecule has 0 atom stereocenters. The van der Waals surface area contributed by atoms with Gasteiger partial charge >= 0.3 is 0 Å². The SMILES string of the molecule is CCOCCCNC(N)=NCc1ccc(OC2CCCC2)c(OC)c1.I. The lowest BCUT2D eigenvalue weighted by Gasteiger charge is -2.16. The van der Waals surface area contributed by atoms with E-state index < -0.39 is 0 Å². The van der Waals surface area contributed by atoms with Crippen LogP contribution in [0.3, 0.4) is 0 Å². The number of nitrogens with zero attached hydrogens (tertiary/aromatic N) is 1. The molecular weight excluding hydrogens is 445 g/mol. The van der Waals surface area contributed by atoms with Gasteiger partial charge in [0.2, 0.25) is 0 Å². The number of hydrogen-bond donors (Lipinski definition) is 2. The standard InChI is InChI=1S/C19H31N3O3.HI/c1-3-24-12-6-11-21-19(20)22-14-15-9-10-17(18(13-15)23-2)25-16-7-4-5-8-16;/h9-10,13,16H,3-8,11-12,14H2,1-2H3,(H3,20,21,22);1H. The molecule has 0 heterocycles. The first-order valence-corrected chi connectivity index (χ1v) is 9.18. The molecule has 6 nitrogen and oxygen atoms in total. The summed E-state index contributed by atoms with van der Waals surface area (Å²) >= 11 is 0. The first kappa shape index (κ1) is 22.8. The van der Waals surface area contributed by atoms with Crippen molar-refractivity contribution < 1.29 is 14.2 Å². The fourth-order valence-corrected chi connectivity index (χ4v) is 2.86. The van der Waals surface area contributed by atoms with Gasteiger partial charge in [0.1, 0.15) is 0 Å². The van der Waals surface area contributed by atoms with Crippen LogP contribution >= 0.6 is 24.0 Å². The van der Waals surface area contributed by atoms with Crippen molar-refractivity contribution in [2.24, 2.45) is 10.7 Å². The second kappa shape index (κ2) is 13.0. The maximum absolute atomic E-state index is 6.05. The number of methoxy groups -OCH3 is 1. The quantitative estimate of drug-likeness (QED) is 0.234.